The highest BCUT2D eigenvalue weighted by Crippen LogP contribution is 2.38. The molecular formula is C19H17N3OS2. The van der Waals surface area contributed by atoms with E-state index in [1.54, 1.807) is 12.4 Å². The van der Waals surface area contributed by atoms with Gasteiger partial charge in [0.25, 0.3) is 5.91 Å². The van der Waals surface area contributed by atoms with Gasteiger partial charge in [-0.1, -0.05) is 25.1 Å². The van der Waals surface area contributed by atoms with Crippen molar-refractivity contribution in [1.82, 2.24) is 9.97 Å². The van der Waals surface area contributed by atoms with Gasteiger partial charge in [0.2, 0.25) is 0 Å². The minimum absolute atomic E-state index is 0.0156. The maximum atomic E-state index is 13.1. The summed E-state index contributed by atoms with van der Waals surface area (Å²) in [6.07, 6.45) is 4.37. The molecule has 1 amide bonds. The number of carbonyl (C=O) groups is 1. The molecule has 1 aromatic carbocycles. The zero-order valence-corrected chi connectivity index (χ0v) is 15.4. The van der Waals surface area contributed by atoms with Crippen LogP contribution in [0, 0.1) is 0 Å². The second kappa shape index (κ2) is 6.98. The Morgan fingerprint density at radius 2 is 2.00 bits per heavy atom. The lowest BCUT2D eigenvalue weighted by Gasteiger charge is -2.21. The van der Waals surface area contributed by atoms with Gasteiger partial charge in [-0.2, -0.15) is 0 Å². The molecule has 3 aromatic rings. The van der Waals surface area contributed by atoms with Gasteiger partial charge >= 0.3 is 0 Å². The van der Waals surface area contributed by atoms with Crippen LogP contribution in [0.2, 0.25) is 0 Å². The minimum atomic E-state index is 0.0156. The van der Waals surface area contributed by atoms with E-state index in [-0.39, 0.29) is 5.91 Å². The first-order chi connectivity index (χ1) is 12.2. The zero-order valence-electron chi connectivity index (χ0n) is 13.8. The molecule has 0 N–H and O–H groups in total. The third kappa shape index (κ3) is 3.32. The first kappa shape index (κ1) is 16.3. The number of amides is 1. The number of thiazole rings is 1. The summed E-state index contributed by atoms with van der Waals surface area (Å²) in [5, 5.41) is 1.26. The van der Waals surface area contributed by atoms with Gasteiger partial charge in [-0.15, -0.1) is 23.1 Å². The Kier molecular flexibility index (Phi) is 4.55. The van der Waals surface area contributed by atoms with E-state index in [2.05, 4.69) is 23.0 Å². The van der Waals surface area contributed by atoms with Crippen molar-refractivity contribution in [3.05, 3.63) is 59.7 Å². The third-order valence-corrected chi connectivity index (χ3v) is 6.33. The number of fused-ring (bicyclic) bond motifs is 1. The molecule has 2 aromatic heterocycles. The van der Waals surface area contributed by atoms with Crippen LogP contribution in [0.5, 0.6) is 0 Å². The molecular weight excluding hydrogens is 350 g/mol. The molecule has 0 unspecified atom stereocenters. The van der Waals surface area contributed by atoms with E-state index >= 15 is 0 Å². The fourth-order valence-corrected chi connectivity index (χ4v) is 4.77. The first-order valence-corrected chi connectivity index (χ1v) is 9.87. The highest BCUT2D eigenvalue weighted by molar-refractivity contribution is 8.00. The standard InChI is InChI=1S/C19H17N3OS2/c1-13-9-11-22(15-7-2-3-8-16(15)24-13)19(23)17-12-21-18(25-17)14-6-4-5-10-20-14/h2-8,10,12-13H,9,11H2,1H3/t13-/m0/s1. The highest BCUT2D eigenvalue weighted by atomic mass is 32.2. The summed E-state index contributed by atoms with van der Waals surface area (Å²) in [5.74, 6) is 0.0156. The molecule has 4 nitrogen and oxygen atoms in total. The van der Waals surface area contributed by atoms with Crippen LogP contribution in [0.3, 0.4) is 0 Å². The quantitative estimate of drug-likeness (QED) is 0.656. The van der Waals surface area contributed by atoms with Gasteiger partial charge in [-0.05, 0) is 30.7 Å². The lowest BCUT2D eigenvalue weighted by atomic mass is 10.2. The molecule has 3 heterocycles. The summed E-state index contributed by atoms with van der Waals surface area (Å²) in [7, 11) is 0. The van der Waals surface area contributed by atoms with Crippen LogP contribution in [-0.2, 0) is 0 Å². The molecule has 0 fully saturated rings. The van der Waals surface area contributed by atoms with E-state index < -0.39 is 0 Å². The second-order valence-electron chi connectivity index (χ2n) is 5.89. The van der Waals surface area contributed by atoms with E-state index in [9.17, 15) is 4.79 Å². The van der Waals surface area contributed by atoms with Crippen molar-refractivity contribution in [1.29, 1.82) is 0 Å². The number of para-hydroxylation sites is 1. The van der Waals surface area contributed by atoms with E-state index in [0.717, 1.165) is 34.2 Å². The van der Waals surface area contributed by atoms with Crippen LogP contribution in [0.1, 0.15) is 23.0 Å². The molecule has 1 atom stereocenters. The normalized spacial score (nSPS) is 17.0. The Bertz CT molecular complexity index is 894. The van der Waals surface area contributed by atoms with Crippen molar-refractivity contribution in [2.75, 3.05) is 11.4 Å². The SMILES string of the molecule is C[C@H]1CCN(C(=O)c2cnc(-c3ccccn3)s2)c2ccccc2S1. The molecule has 25 heavy (non-hydrogen) atoms. The van der Waals surface area contributed by atoms with Gasteiger partial charge < -0.3 is 4.90 Å². The second-order valence-corrected chi connectivity index (χ2v) is 8.40. The number of anilines is 1. The fourth-order valence-electron chi connectivity index (χ4n) is 2.81. The number of carbonyl (C=O) groups excluding carboxylic acids is 1. The van der Waals surface area contributed by atoms with Gasteiger partial charge in [0.05, 0.1) is 17.6 Å². The van der Waals surface area contributed by atoms with Crippen molar-refractivity contribution < 1.29 is 4.79 Å². The number of rotatable bonds is 2. The van der Waals surface area contributed by atoms with E-state index in [4.69, 9.17) is 0 Å². The van der Waals surface area contributed by atoms with E-state index in [1.165, 1.54) is 11.3 Å². The highest BCUT2D eigenvalue weighted by Gasteiger charge is 2.26. The maximum absolute atomic E-state index is 13.1. The lowest BCUT2D eigenvalue weighted by Crippen LogP contribution is -2.31. The number of hydrogen-bond donors (Lipinski definition) is 0. The molecule has 0 saturated heterocycles. The van der Waals surface area contributed by atoms with E-state index in [1.807, 2.05) is 53.1 Å². The largest absolute Gasteiger partial charge is 0.306 e. The van der Waals surface area contributed by atoms with Gasteiger partial charge in [0.15, 0.2) is 0 Å². The van der Waals surface area contributed by atoms with Gasteiger partial charge in [0, 0.05) is 22.9 Å². The minimum Gasteiger partial charge on any atom is -0.306 e. The molecule has 0 aliphatic carbocycles. The average molecular weight is 367 g/mol. The van der Waals surface area contributed by atoms with Crippen LogP contribution in [-0.4, -0.2) is 27.7 Å². The van der Waals surface area contributed by atoms with Crippen molar-refractivity contribution in [3.63, 3.8) is 0 Å². The molecule has 0 saturated carbocycles. The summed E-state index contributed by atoms with van der Waals surface area (Å²) in [5.41, 5.74) is 1.79. The molecule has 0 spiro atoms. The van der Waals surface area contributed by atoms with Crippen LogP contribution in [0.4, 0.5) is 5.69 Å². The smallest absolute Gasteiger partial charge is 0.270 e. The topological polar surface area (TPSA) is 46.1 Å². The first-order valence-electron chi connectivity index (χ1n) is 8.17. The summed E-state index contributed by atoms with van der Waals surface area (Å²) in [6.45, 7) is 2.93. The van der Waals surface area contributed by atoms with Crippen LogP contribution >= 0.6 is 23.1 Å². The predicted molar refractivity (Wildman–Crippen MR) is 103 cm³/mol. The van der Waals surface area contributed by atoms with Crippen LogP contribution in [0.25, 0.3) is 10.7 Å². The average Bonchev–Trinajstić information content (AvgIpc) is 3.07. The summed E-state index contributed by atoms with van der Waals surface area (Å²) in [4.78, 5) is 25.5. The van der Waals surface area contributed by atoms with Crippen molar-refractivity contribution in [3.8, 4) is 10.7 Å². The van der Waals surface area contributed by atoms with Crippen molar-refractivity contribution >= 4 is 34.7 Å². The molecule has 0 bridgehead atoms. The number of thioether (sulfide) groups is 1. The molecule has 1 aliphatic heterocycles. The van der Waals surface area contributed by atoms with Gasteiger partial charge in [0.1, 0.15) is 9.88 Å². The monoisotopic (exact) mass is 367 g/mol. The zero-order chi connectivity index (χ0) is 17.2. The van der Waals surface area contributed by atoms with Gasteiger partial charge in [-0.3, -0.25) is 9.78 Å². The number of hydrogen-bond acceptors (Lipinski definition) is 5. The molecule has 126 valence electrons. The summed E-state index contributed by atoms with van der Waals surface area (Å²) < 4.78 is 0. The maximum Gasteiger partial charge on any atom is 0.270 e. The molecule has 4 rings (SSSR count). The Morgan fingerprint density at radius 1 is 1.16 bits per heavy atom. The number of nitrogens with zero attached hydrogens (tertiary/aromatic N) is 3. The fraction of sp³-hybridized carbons (Fsp3) is 0.211. The molecule has 6 heteroatoms. The summed E-state index contributed by atoms with van der Waals surface area (Å²) in [6, 6.07) is 13.8. The molecule has 1 aliphatic rings. The number of aromatic nitrogens is 2. The van der Waals surface area contributed by atoms with Gasteiger partial charge in [-0.25, -0.2) is 4.98 Å². The number of benzene rings is 1. The van der Waals surface area contributed by atoms with Crippen LogP contribution in [0.15, 0.2) is 59.8 Å². The van der Waals surface area contributed by atoms with Crippen LogP contribution < -0.4 is 4.90 Å². The van der Waals surface area contributed by atoms with Crippen molar-refractivity contribution in [2.45, 2.75) is 23.5 Å². The number of pyridine rings is 1. The van der Waals surface area contributed by atoms with E-state index in [0.29, 0.717) is 10.1 Å². The predicted octanol–water partition coefficient (Wildman–Crippen LogP) is 4.74. The Morgan fingerprint density at radius 3 is 2.84 bits per heavy atom. The Balaban J connectivity index is 1.66. The molecule has 0 radical (unpaired) electrons. The summed E-state index contributed by atoms with van der Waals surface area (Å²) >= 11 is 3.23. The van der Waals surface area contributed by atoms with Crippen molar-refractivity contribution in [2.24, 2.45) is 0 Å². The Hall–Kier alpha value is -2.18. The Labute approximate surface area is 154 Å². The third-order valence-electron chi connectivity index (χ3n) is 4.09. The lowest BCUT2D eigenvalue weighted by molar-refractivity contribution is 0.0990.